The molecule has 2 aromatic rings. The second-order valence-corrected chi connectivity index (χ2v) is 6.74. The summed E-state index contributed by atoms with van der Waals surface area (Å²) in [4.78, 5) is 14.8. The molecule has 0 aliphatic rings. The molecule has 1 heterocycles. The van der Waals surface area contributed by atoms with E-state index in [0.717, 1.165) is 20.8 Å². The van der Waals surface area contributed by atoms with Gasteiger partial charge in [0, 0.05) is 26.2 Å². The van der Waals surface area contributed by atoms with Gasteiger partial charge in [0.15, 0.2) is 0 Å². The maximum atomic E-state index is 12.0. The molecule has 1 aromatic heterocycles. The summed E-state index contributed by atoms with van der Waals surface area (Å²) in [6, 6.07) is 7.39. The number of benzene rings is 1. The lowest BCUT2D eigenvalue weighted by Gasteiger charge is -2.12. The first-order valence-corrected chi connectivity index (χ1v) is 7.54. The summed E-state index contributed by atoms with van der Waals surface area (Å²) in [5.74, 6) is 0. The molecular formula is C13H17N3O3S. The quantitative estimate of drug-likeness (QED) is 0.872. The van der Waals surface area contributed by atoms with Gasteiger partial charge in [0.25, 0.3) is 15.8 Å². The van der Waals surface area contributed by atoms with E-state index in [2.05, 4.69) is 9.71 Å². The van der Waals surface area contributed by atoms with E-state index in [0.29, 0.717) is 5.56 Å². The Morgan fingerprint density at radius 1 is 1.30 bits per heavy atom. The van der Waals surface area contributed by atoms with Crippen LogP contribution in [0.25, 0.3) is 10.9 Å². The molecular weight excluding hydrogens is 278 g/mol. The Kier molecular flexibility index (Phi) is 3.94. The van der Waals surface area contributed by atoms with E-state index in [1.165, 1.54) is 14.1 Å². The van der Waals surface area contributed by atoms with Gasteiger partial charge < -0.3 is 4.98 Å². The highest BCUT2D eigenvalue weighted by Crippen LogP contribution is 2.14. The molecule has 0 saturated carbocycles. The van der Waals surface area contributed by atoms with Crippen LogP contribution in [-0.2, 0) is 16.8 Å². The first-order valence-electron chi connectivity index (χ1n) is 6.10. The third-order valence-corrected chi connectivity index (χ3v) is 4.56. The first kappa shape index (κ1) is 14.7. The van der Waals surface area contributed by atoms with Crippen molar-refractivity contribution in [2.75, 3.05) is 14.1 Å². The Hall–Kier alpha value is -1.70. The van der Waals surface area contributed by atoms with Crippen molar-refractivity contribution in [3.05, 3.63) is 45.7 Å². The maximum absolute atomic E-state index is 12.0. The van der Waals surface area contributed by atoms with E-state index >= 15 is 0 Å². The standard InChI is InChI=1S/C13H17N3O3S/c1-9-5-4-6-10-7-11(13(17)15-12(9)10)8-14-20(18,19)16(2)3/h4-7,14H,8H2,1-3H3,(H,15,17). The van der Waals surface area contributed by atoms with Gasteiger partial charge in [-0.25, -0.2) is 0 Å². The zero-order valence-electron chi connectivity index (χ0n) is 11.6. The van der Waals surface area contributed by atoms with Crippen LogP contribution in [0.4, 0.5) is 0 Å². The van der Waals surface area contributed by atoms with Gasteiger partial charge in [-0.3, -0.25) is 4.79 Å². The fourth-order valence-electron chi connectivity index (χ4n) is 1.86. The van der Waals surface area contributed by atoms with E-state index in [-0.39, 0.29) is 12.1 Å². The van der Waals surface area contributed by atoms with Crippen LogP contribution in [0.5, 0.6) is 0 Å². The molecule has 0 spiro atoms. The molecule has 0 bridgehead atoms. The third-order valence-electron chi connectivity index (χ3n) is 3.09. The number of aryl methyl sites for hydroxylation is 1. The van der Waals surface area contributed by atoms with E-state index in [4.69, 9.17) is 0 Å². The molecule has 108 valence electrons. The van der Waals surface area contributed by atoms with Crippen molar-refractivity contribution in [1.82, 2.24) is 14.0 Å². The Morgan fingerprint density at radius 2 is 2.00 bits per heavy atom. The van der Waals surface area contributed by atoms with Gasteiger partial charge in [-0.05, 0) is 23.9 Å². The lowest BCUT2D eigenvalue weighted by molar-refractivity contribution is 0.505. The minimum absolute atomic E-state index is 0.0419. The minimum Gasteiger partial charge on any atom is -0.321 e. The molecule has 2 rings (SSSR count). The number of rotatable bonds is 4. The smallest absolute Gasteiger partial charge is 0.279 e. The van der Waals surface area contributed by atoms with Crippen LogP contribution >= 0.6 is 0 Å². The number of hydrogen-bond acceptors (Lipinski definition) is 3. The molecule has 7 heteroatoms. The molecule has 20 heavy (non-hydrogen) atoms. The average molecular weight is 295 g/mol. The topological polar surface area (TPSA) is 82.3 Å². The summed E-state index contributed by atoms with van der Waals surface area (Å²) >= 11 is 0. The van der Waals surface area contributed by atoms with Crippen molar-refractivity contribution in [3.63, 3.8) is 0 Å². The molecule has 0 radical (unpaired) electrons. The summed E-state index contributed by atoms with van der Waals surface area (Å²) in [5, 5.41) is 0.878. The van der Waals surface area contributed by atoms with Crippen LogP contribution in [0.3, 0.4) is 0 Å². The zero-order chi connectivity index (χ0) is 14.9. The number of H-pyrrole nitrogens is 1. The Morgan fingerprint density at radius 3 is 2.65 bits per heavy atom. The number of nitrogens with one attached hydrogen (secondary N) is 2. The molecule has 2 N–H and O–H groups in total. The number of nitrogens with zero attached hydrogens (tertiary/aromatic N) is 1. The minimum atomic E-state index is -3.54. The number of para-hydroxylation sites is 1. The lowest BCUT2D eigenvalue weighted by Crippen LogP contribution is -2.36. The highest BCUT2D eigenvalue weighted by Gasteiger charge is 2.13. The normalized spacial score (nSPS) is 12.2. The van der Waals surface area contributed by atoms with Crippen LogP contribution in [-0.4, -0.2) is 31.8 Å². The van der Waals surface area contributed by atoms with Crippen LogP contribution < -0.4 is 10.3 Å². The van der Waals surface area contributed by atoms with E-state index < -0.39 is 10.2 Å². The monoisotopic (exact) mass is 295 g/mol. The first-order chi connectivity index (χ1) is 9.31. The van der Waals surface area contributed by atoms with Gasteiger partial charge in [0.1, 0.15) is 0 Å². The second-order valence-electron chi connectivity index (χ2n) is 4.77. The van der Waals surface area contributed by atoms with Crippen molar-refractivity contribution >= 4 is 21.1 Å². The fourth-order valence-corrected chi connectivity index (χ4v) is 2.45. The molecule has 0 amide bonds. The van der Waals surface area contributed by atoms with Crippen LogP contribution in [0.2, 0.25) is 0 Å². The number of pyridine rings is 1. The number of aromatic amines is 1. The Labute approximate surface area is 117 Å². The zero-order valence-corrected chi connectivity index (χ0v) is 12.4. The molecule has 0 saturated heterocycles. The van der Waals surface area contributed by atoms with Gasteiger partial charge in [-0.2, -0.15) is 17.4 Å². The Balaban J connectivity index is 2.37. The van der Waals surface area contributed by atoms with Gasteiger partial charge in [-0.1, -0.05) is 18.2 Å². The van der Waals surface area contributed by atoms with Crippen molar-refractivity contribution in [2.45, 2.75) is 13.5 Å². The lowest BCUT2D eigenvalue weighted by atomic mass is 10.1. The summed E-state index contributed by atoms with van der Waals surface area (Å²) in [5.41, 5.74) is 1.85. The van der Waals surface area contributed by atoms with Crippen LogP contribution in [0.1, 0.15) is 11.1 Å². The second kappa shape index (κ2) is 5.35. The third kappa shape index (κ3) is 2.90. The summed E-state index contributed by atoms with van der Waals surface area (Å²) in [6.07, 6.45) is 0. The van der Waals surface area contributed by atoms with Crippen molar-refractivity contribution < 1.29 is 8.42 Å². The predicted molar refractivity (Wildman–Crippen MR) is 78.8 cm³/mol. The van der Waals surface area contributed by atoms with Crippen LogP contribution in [0.15, 0.2) is 29.1 Å². The Bertz CT molecular complexity index is 794. The van der Waals surface area contributed by atoms with Crippen molar-refractivity contribution in [3.8, 4) is 0 Å². The summed E-state index contributed by atoms with van der Waals surface area (Å²) in [6.45, 7) is 1.87. The van der Waals surface area contributed by atoms with Gasteiger partial charge in [-0.15, -0.1) is 0 Å². The molecule has 0 unspecified atom stereocenters. The van der Waals surface area contributed by atoms with E-state index in [1.54, 1.807) is 6.07 Å². The molecule has 0 aliphatic carbocycles. The maximum Gasteiger partial charge on any atom is 0.279 e. The highest BCUT2D eigenvalue weighted by atomic mass is 32.2. The fraction of sp³-hybridized carbons (Fsp3) is 0.308. The summed E-state index contributed by atoms with van der Waals surface area (Å²) in [7, 11) is -0.690. The number of hydrogen-bond donors (Lipinski definition) is 2. The van der Waals surface area contributed by atoms with Crippen molar-refractivity contribution in [1.29, 1.82) is 0 Å². The van der Waals surface area contributed by atoms with E-state index in [1.807, 2.05) is 25.1 Å². The van der Waals surface area contributed by atoms with Crippen molar-refractivity contribution in [2.24, 2.45) is 0 Å². The number of aromatic nitrogens is 1. The molecule has 1 aromatic carbocycles. The average Bonchev–Trinajstić information content (AvgIpc) is 2.37. The molecule has 6 nitrogen and oxygen atoms in total. The molecule has 0 fully saturated rings. The predicted octanol–water partition coefficient (Wildman–Crippen LogP) is 0.733. The molecule has 0 aliphatic heterocycles. The molecule has 0 atom stereocenters. The van der Waals surface area contributed by atoms with Gasteiger partial charge in [0.2, 0.25) is 0 Å². The summed E-state index contributed by atoms with van der Waals surface area (Å²) < 4.78 is 26.7. The van der Waals surface area contributed by atoms with Crippen LogP contribution in [0, 0.1) is 6.92 Å². The largest absolute Gasteiger partial charge is 0.321 e. The highest BCUT2D eigenvalue weighted by molar-refractivity contribution is 7.87. The van der Waals surface area contributed by atoms with Gasteiger partial charge >= 0.3 is 0 Å². The SMILES string of the molecule is Cc1cccc2cc(CNS(=O)(=O)N(C)C)c(=O)[nH]c12. The number of fused-ring (bicyclic) bond motifs is 1. The van der Waals surface area contributed by atoms with Gasteiger partial charge in [0.05, 0.1) is 5.52 Å². The van der Waals surface area contributed by atoms with E-state index in [9.17, 15) is 13.2 Å².